The van der Waals surface area contributed by atoms with Gasteiger partial charge in [0.05, 0.1) is 13.2 Å². The number of nitrogens with zero attached hydrogens (tertiary/aromatic N) is 2. The maximum absolute atomic E-state index is 13.9. The Morgan fingerprint density at radius 1 is 1.21 bits per heavy atom. The van der Waals surface area contributed by atoms with E-state index >= 15 is 0 Å². The number of aliphatic imine (C=N–C) groups is 1. The van der Waals surface area contributed by atoms with Crippen molar-refractivity contribution in [1.82, 2.24) is 15.2 Å². The van der Waals surface area contributed by atoms with E-state index in [9.17, 15) is 4.39 Å². The van der Waals surface area contributed by atoms with Crippen LogP contribution in [0.15, 0.2) is 41.7 Å². The van der Waals surface area contributed by atoms with E-state index in [2.05, 4.69) is 15.6 Å². The molecule has 24 heavy (non-hydrogen) atoms. The summed E-state index contributed by atoms with van der Waals surface area (Å²) in [6, 6.07) is 7.03. The summed E-state index contributed by atoms with van der Waals surface area (Å²) in [5.74, 6) is 0.643. The van der Waals surface area contributed by atoms with Gasteiger partial charge in [0.1, 0.15) is 0 Å². The first-order valence-corrected chi connectivity index (χ1v) is 8.16. The molecule has 2 rings (SSSR count). The molecule has 0 saturated carbocycles. The Hall–Kier alpha value is -2.50. The number of ether oxygens (including phenoxy) is 1. The summed E-state index contributed by atoms with van der Waals surface area (Å²) in [6.45, 7) is 6.14. The number of benzene rings is 1. The molecule has 0 radical (unpaired) electrons. The molecule has 0 fully saturated rings. The number of hydrogen-bond donors (Lipinski definition) is 2. The zero-order valence-corrected chi connectivity index (χ0v) is 14.5. The van der Waals surface area contributed by atoms with Crippen molar-refractivity contribution in [2.45, 2.75) is 26.9 Å². The summed E-state index contributed by atoms with van der Waals surface area (Å²) in [7, 11) is 1.98. The molecule has 0 atom stereocenters. The van der Waals surface area contributed by atoms with E-state index in [1.54, 1.807) is 6.07 Å². The zero-order chi connectivity index (χ0) is 17.4. The van der Waals surface area contributed by atoms with Gasteiger partial charge in [0.2, 0.25) is 0 Å². The molecule has 0 amide bonds. The van der Waals surface area contributed by atoms with Crippen LogP contribution in [0.25, 0.3) is 0 Å². The number of nitrogens with one attached hydrogen (secondary N) is 2. The fourth-order valence-corrected chi connectivity index (χ4v) is 2.28. The summed E-state index contributed by atoms with van der Waals surface area (Å²) < 4.78 is 21.1. The highest BCUT2D eigenvalue weighted by molar-refractivity contribution is 5.79. The molecule has 0 unspecified atom stereocenters. The Balaban J connectivity index is 1.96. The molecule has 0 spiro atoms. The fourth-order valence-electron chi connectivity index (χ4n) is 2.28. The number of rotatable bonds is 7. The molecule has 0 bridgehead atoms. The summed E-state index contributed by atoms with van der Waals surface area (Å²) in [5, 5.41) is 6.41. The third-order valence-corrected chi connectivity index (χ3v) is 3.41. The smallest absolute Gasteiger partial charge is 0.191 e. The minimum Gasteiger partial charge on any atom is -0.491 e. The molecule has 1 aromatic heterocycles. The lowest BCUT2D eigenvalue weighted by Crippen LogP contribution is -2.36. The third-order valence-electron chi connectivity index (χ3n) is 3.41. The van der Waals surface area contributed by atoms with Crippen molar-refractivity contribution in [1.29, 1.82) is 0 Å². The van der Waals surface area contributed by atoms with Gasteiger partial charge in [-0.05, 0) is 43.2 Å². The maximum atomic E-state index is 13.9. The minimum absolute atomic E-state index is 0.283. The van der Waals surface area contributed by atoms with Crippen molar-refractivity contribution in [3.63, 3.8) is 0 Å². The molecule has 130 valence electrons. The lowest BCUT2D eigenvalue weighted by Gasteiger charge is -2.12. The summed E-state index contributed by atoms with van der Waals surface area (Å²) in [6.07, 6.45) is 4.03. The lowest BCUT2D eigenvalue weighted by molar-refractivity contribution is 0.321. The van der Waals surface area contributed by atoms with E-state index in [1.165, 1.54) is 6.07 Å². The van der Waals surface area contributed by atoms with Crippen LogP contribution in [-0.4, -0.2) is 23.7 Å². The normalized spacial score (nSPS) is 11.4. The second-order valence-electron chi connectivity index (χ2n) is 5.43. The topological polar surface area (TPSA) is 50.6 Å². The fraction of sp³-hybridized carbons (Fsp3) is 0.389. The van der Waals surface area contributed by atoms with Crippen LogP contribution in [0.5, 0.6) is 5.75 Å². The maximum Gasteiger partial charge on any atom is 0.191 e. The van der Waals surface area contributed by atoms with Crippen molar-refractivity contribution in [2.75, 3.05) is 13.2 Å². The highest BCUT2D eigenvalue weighted by Crippen LogP contribution is 2.18. The SMILES string of the molecule is CCNC(=NCc1ccn(C)c1)NCc1ccc(OCC)c(F)c1. The van der Waals surface area contributed by atoms with E-state index in [-0.39, 0.29) is 11.6 Å². The molecule has 1 heterocycles. The zero-order valence-electron chi connectivity index (χ0n) is 14.5. The molecular formula is C18H25FN4O. The van der Waals surface area contributed by atoms with Gasteiger partial charge in [-0.2, -0.15) is 0 Å². The standard InChI is InChI=1S/C18H25FN4O/c1-4-20-18(22-12-15-8-9-23(3)13-15)21-11-14-6-7-17(24-5-2)16(19)10-14/h6-10,13H,4-5,11-12H2,1-3H3,(H2,20,21,22). The van der Waals surface area contributed by atoms with Crippen LogP contribution in [0, 0.1) is 5.82 Å². The first kappa shape index (κ1) is 17.8. The van der Waals surface area contributed by atoms with Crippen LogP contribution in [-0.2, 0) is 20.1 Å². The predicted molar refractivity (Wildman–Crippen MR) is 94.6 cm³/mol. The van der Waals surface area contributed by atoms with Crippen LogP contribution in [0.1, 0.15) is 25.0 Å². The second kappa shape index (κ2) is 8.96. The van der Waals surface area contributed by atoms with E-state index in [1.807, 2.05) is 50.0 Å². The molecule has 2 N–H and O–H groups in total. The average Bonchev–Trinajstić information content (AvgIpc) is 2.98. The van der Waals surface area contributed by atoms with Gasteiger partial charge in [-0.25, -0.2) is 9.38 Å². The molecule has 5 nitrogen and oxygen atoms in total. The van der Waals surface area contributed by atoms with Gasteiger partial charge in [0, 0.05) is 32.5 Å². The van der Waals surface area contributed by atoms with Crippen LogP contribution < -0.4 is 15.4 Å². The predicted octanol–water partition coefficient (Wildman–Crippen LogP) is 2.82. The van der Waals surface area contributed by atoms with Gasteiger partial charge in [-0.15, -0.1) is 0 Å². The highest BCUT2D eigenvalue weighted by Gasteiger charge is 2.05. The Morgan fingerprint density at radius 2 is 2.04 bits per heavy atom. The van der Waals surface area contributed by atoms with E-state index in [0.29, 0.717) is 25.7 Å². The van der Waals surface area contributed by atoms with Crippen molar-refractivity contribution in [2.24, 2.45) is 12.0 Å². The summed E-state index contributed by atoms with van der Waals surface area (Å²) in [5.41, 5.74) is 1.98. The Morgan fingerprint density at radius 3 is 2.67 bits per heavy atom. The van der Waals surface area contributed by atoms with Crippen LogP contribution in [0.3, 0.4) is 0 Å². The molecule has 2 aromatic rings. The molecular weight excluding hydrogens is 307 g/mol. The molecule has 1 aromatic carbocycles. The Labute approximate surface area is 142 Å². The number of halogens is 1. The molecule has 0 aliphatic heterocycles. The molecule has 0 aliphatic rings. The van der Waals surface area contributed by atoms with Crippen LogP contribution in [0.2, 0.25) is 0 Å². The van der Waals surface area contributed by atoms with Gasteiger partial charge < -0.3 is 19.9 Å². The van der Waals surface area contributed by atoms with Gasteiger partial charge in [0.25, 0.3) is 0 Å². The molecule has 0 saturated heterocycles. The Bertz CT molecular complexity index is 681. The van der Waals surface area contributed by atoms with Crippen LogP contribution in [0.4, 0.5) is 4.39 Å². The van der Waals surface area contributed by atoms with Crippen molar-refractivity contribution in [3.8, 4) is 5.75 Å². The number of aromatic nitrogens is 1. The highest BCUT2D eigenvalue weighted by atomic mass is 19.1. The second-order valence-corrected chi connectivity index (χ2v) is 5.43. The van der Waals surface area contributed by atoms with Gasteiger partial charge in [-0.1, -0.05) is 6.07 Å². The molecule has 0 aliphatic carbocycles. The number of guanidine groups is 1. The van der Waals surface area contributed by atoms with E-state index in [4.69, 9.17) is 4.74 Å². The first-order valence-electron chi connectivity index (χ1n) is 8.16. The van der Waals surface area contributed by atoms with Crippen molar-refractivity contribution < 1.29 is 9.13 Å². The van der Waals surface area contributed by atoms with Crippen LogP contribution >= 0.6 is 0 Å². The number of hydrogen-bond acceptors (Lipinski definition) is 2. The first-order chi connectivity index (χ1) is 11.6. The Kier molecular flexibility index (Phi) is 6.66. The van der Waals surface area contributed by atoms with Crippen molar-refractivity contribution in [3.05, 3.63) is 53.6 Å². The van der Waals surface area contributed by atoms with Gasteiger partial charge in [0.15, 0.2) is 17.5 Å². The number of aryl methyl sites for hydroxylation is 1. The van der Waals surface area contributed by atoms with Gasteiger partial charge >= 0.3 is 0 Å². The third kappa shape index (κ3) is 5.30. The molecule has 6 heteroatoms. The average molecular weight is 332 g/mol. The lowest BCUT2D eigenvalue weighted by atomic mass is 10.2. The summed E-state index contributed by atoms with van der Waals surface area (Å²) in [4.78, 5) is 4.54. The quantitative estimate of drug-likeness (QED) is 0.605. The largest absolute Gasteiger partial charge is 0.491 e. The van der Waals surface area contributed by atoms with E-state index < -0.39 is 0 Å². The van der Waals surface area contributed by atoms with E-state index in [0.717, 1.165) is 17.7 Å². The minimum atomic E-state index is -0.345. The van der Waals surface area contributed by atoms with Crippen molar-refractivity contribution >= 4 is 5.96 Å². The summed E-state index contributed by atoms with van der Waals surface area (Å²) >= 11 is 0. The monoisotopic (exact) mass is 332 g/mol. The van der Waals surface area contributed by atoms with Gasteiger partial charge in [-0.3, -0.25) is 0 Å².